The van der Waals surface area contributed by atoms with Crippen molar-refractivity contribution in [3.8, 4) is 0 Å². The first-order valence-corrected chi connectivity index (χ1v) is 6.25. The molecule has 7 heteroatoms. The third-order valence-electron chi connectivity index (χ3n) is 2.97. The second kappa shape index (κ2) is 4.79. The number of alkyl halides is 2. The molecule has 0 spiro atoms. The maximum atomic E-state index is 13.1. The van der Waals surface area contributed by atoms with E-state index in [-0.39, 0.29) is 31.6 Å². The lowest BCUT2D eigenvalue weighted by atomic mass is 10.1. The Balaban J connectivity index is 2.28. The molecule has 1 aromatic rings. The Kier molecular flexibility index (Phi) is 3.52. The molecule has 0 bridgehead atoms. The predicted molar refractivity (Wildman–Crippen MR) is 67.2 cm³/mol. The van der Waals surface area contributed by atoms with Crippen LogP contribution in [0.5, 0.6) is 0 Å². The summed E-state index contributed by atoms with van der Waals surface area (Å²) in [6.45, 7) is 0.259. The lowest BCUT2D eigenvalue weighted by molar-refractivity contribution is -0.384. The van der Waals surface area contributed by atoms with Gasteiger partial charge in [-0.1, -0.05) is 15.9 Å². The van der Waals surface area contributed by atoms with Gasteiger partial charge >= 0.3 is 0 Å². The van der Waals surface area contributed by atoms with E-state index in [0.29, 0.717) is 10.2 Å². The second-order valence-electron chi connectivity index (χ2n) is 4.23. The Labute approximate surface area is 111 Å². The van der Waals surface area contributed by atoms with Crippen molar-refractivity contribution in [1.82, 2.24) is 0 Å². The topological polar surface area (TPSA) is 46.4 Å². The Bertz CT molecular complexity index is 472. The maximum Gasteiger partial charge on any atom is 0.292 e. The highest BCUT2D eigenvalue weighted by molar-refractivity contribution is 9.10. The SMILES string of the molecule is O=[N+]([O-])c1ccc(Br)cc1N1CCC(F)(F)CC1. The van der Waals surface area contributed by atoms with E-state index in [1.807, 2.05) is 0 Å². The highest BCUT2D eigenvalue weighted by atomic mass is 79.9. The first-order chi connectivity index (χ1) is 8.39. The van der Waals surface area contributed by atoms with Crippen molar-refractivity contribution < 1.29 is 13.7 Å². The van der Waals surface area contributed by atoms with Crippen LogP contribution in [0.2, 0.25) is 0 Å². The Hall–Kier alpha value is -1.24. The van der Waals surface area contributed by atoms with E-state index >= 15 is 0 Å². The van der Waals surface area contributed by atoms with Gasteiger partial charge in [0.2, 0.25) is 0 Å². The fraction of sp³-hybridized carbons (Fsp3) is 0.455. The molecule has 0 aliphatic carbocycles. The van der Waals surface area contributed by atoms with Crippen LogP contribution in [-0.2, 0) is 0 Å². The first-order valence-electron chi connectivity index (χ1n) is 5.46. The van der Waals surface area contributed by atoms with Crippen molar-refractivity contribution in [3.63, 3.8) is 0 Å². The molecule has 4 nitrogen and oxygen atoms in total. The summed E-state index contributed by atoms with van der Waals surface area (Å²) in [7, 11) is 0. The van der Waals surface area contributed by atoms with Gasteiger partial charge in [-0.15, -0.1) is 0 Å². The monoisotopic (exact) mass is 320 g/mol. The van der Waals surface area contributed by atoms with E-state index in [1.165, 1.54) is 6.07 Å². The molecule has 98 valence electrons. The van der Waals surface area contributed by atoms with Crippen LogP contribution in [-0.4, -0.2) is 23.9 Å². The third kappa shape index (κ3) is 2.77. The first kappa shape index (κ1) is 13.2. The summed E-state index contributed by atoms with van der Waals surface area (Å²) in [6, 6.07) is 4.55. The lowest BCUT2D eigenvalue weighted by Gasteiger charge is -2.33. The minimum atomic E-state index is -2.66. The molecule has 2 rings (SSSR count). The number of nitro benzene ring substituents is 1. The largest absolute Gasteiger partial charge is 0.366 e. The van der Waals surface area contributed by atoms with Crippen LogP contribution in [0.3, 0.4) is 0 Å². The van der Waals surface area contributed by atoms with Gasteiger partial charge in [0.1, 0.15) is 5.69 Å². The second-order valence-corrected chi connectivity index (χ2v) is 5.15. The Morgan fingerprint density at radius 2 is 1.94 bits per heavy atom. The normalized spacial score (nSPS) is 18.7. The lowest BCUT2D eigenvalue weighted by Crippen LogP contribution is -2.39. The molecule has 0 atom stereocenters. The average Bonchev–Trinajstić information content (AvgIpc) is 2.28. The summed E-state index contributed by atoms with van der Waals surface area (Å²) in [5.41, 5.74) is 0.341. The van der Waals surface area contributed by atoms with Crippen molar-refractivity contribution in [1.29, 1.82) is 0 Å². The van der Waals surface area contributed by atoms with E-state index < -0.39 is 10.8 Å². The molecular weight excluding hydrogens is 310 g/mol. The number of halogens is 3. The van der Waals surface area contributed by atoms with Gasteiger partial charge in [-0.25, -0.2) is 8.78 Å². The summed E-state index contributed by atoms with van der Waals surface area (Å²) in [5, 5.41) is 10.9. The van der Waals surface area contributed by atoms with Crippen LogP contribution in [0.4, 0.5) is 20.2 Å². The van der Waals surface area contributed by atoms with Crippen LogP contribution in [0.1, 0.15) is 12.8 Å². The van der Waals surface area contributed by atoms with Crippen LogP contribution < -0.4 is 4.90 Å². The Morgan fingerprint density at radius 1 is 1.33 bits per heavy atom. The molecule has 0 amide bonds. The highest BCUT2D eigenvalue weighted by Gasteiger charge is 2.35. The molecule has 0 saturated carbocycles. The van der Waals surface area contributed by atoms with E-state index in [9.17, 15) is 18.9 Å². The van der Waals surface area contributed by atoms with Gasteiger partial charge < -0.3 is 4.90 Å². The van der Waals surface area contributed by atoms with Crippen molar-refractivity contribution in [2.75, 3.05) is 18.0 Å². The molecule has 1 saturated heterocycles. The zero-order valence-corrected chi connectivity index (χ0v) is 11.0. The van der Waals surface area contributed by atoms with Gasteiger partial charge in [0.05, 0.1) is 4.92 Å². The van der Waals surface area contributed by atoms with Crippen molar-refractivity contribution in [3.05, 3.63) is 32.8 Å². The number of hydrogen-bond donors (Lipinski definition) is 0. The van der Waals surface area contributed by atoms with Crippen LogP contribution in [0, 0.1) is 10.1 Å². The van der Waals surface area contributed by atoms with Crippen molar-refractivity contribution in [2.24, 2.45) is 0 Å². The molecule has 1 aliphatic heterocycles. The summed E-state index contributed by atoms with van der Waals surface area (Å²) < 4.78 is 26.8. The average molecular weight is 321 g/mol. The molecule has 1 heterocycles. The van der Waals surface area contributed by atoms with E-state index in [4.69, 9.17) is 0 Å². The number of hydrogen-bond acceptors (Lipinski definition) is 3. The number of piperidine rings is 1. The zero-order valence-electron chi connectivity index (χ0n) is 9.41. The number of rotatable bonds is 2. The van der Waals surface area contributed by atoms with Gasteiger partial charge in [-0.05, 0) is 12.1 Å². The van der Waals surface area contributed by atoms with Crippen LogP contribution >= 0.6 is 15.9 Å². The summed E-state index contributed by atoms with van der Waals surface area (Å²) in [6.07, 6.45) is -0.534. The number of anilines is 1. The smallest absolute Gasteiger partial charge is 0.292 e. The fourth-order valence-corrected chi connectivity index (χ4v) is 2.33. The third-order valence-corrected chi connectivity index (χ3v) is 3.46. The molecule has 1 aliphatic rings. The fourth-order valence-electron chi connectivity index (χ4n) is 1.98. The number of nitrogens with zero attached hydrogens (tertiary/aromatic N) is 2. The van der Waals surface area contributed by atoms with Gasteiger partial charge in [0.25, 0.3) is 11.6 Å². The van der Waals surface area contributed by atoms with Crippen molar-refractivity contribution >= 4 is 27.3 Å². The number of nitro groups is 1. The summed E-state index contributed by atoms with van der Waals surface area (Å²) >= 11 is 3.24. The van der Waals surface area contributed by atoms with E-state index in [2.05, 4.69) is 15.9 Å². The van der Waals surface area contributed by atoms with Crippen LogP contribution in [0.15, 0.2) is 22.7 Å². The summed E-state index contributed by atoms with van der Waals surface area (Å²) in [5.74, 6) is -2.66. The van der Waals surface area contributed by atoms with Crippen LogP contribution in [0.25, 0.3) is 0 Å². The van der Waals surface area contributed by atoms with E-state index in [1.54, 1.807) is 17.0 Å². The van der Waals surface area contributed by atoms with Crippen molar-refractivity contribution in [2.45, 2.75) is 18.8 Å². The van der Waals surface area contributed by atoms with Gasteiger partial charge in [0.15, 0.2) is 0 Å². The molecule has 1 fully saturated rings. The standard InChI is InChI=1S/C11H11BrF2N2O2/c12-8-1-2-9(16(17)18)10(7-8)15-5-3-11(13,14)4-6-15/h1-2,7H,3-6H2. The maximum absolute atomic E-state index is 13.1. The molecule has 0 N–H and O–H groups in total. The predicted octanol–water partition coefficient (Wildman–Crippen LogP) is 3.59. The van der Waals surface area contributed by atoms with Gasteiger partial charge in [0, 0.05) is 36.5 Å². The molecule has 0 unspecified atom stereocenters. The minimum Gasteiger partial charge on any atom is -0.366 e. The van der Waals surface area contributed by atoms with E-state index in [0.717, 1.165) is 0 Å². The molecule has 18 heavy (non-hydrogen) atoms. The Morgan fingerprint density at radius 3 is 2.50 bits per heavy atom. The quantitative estimate of drug-likeness (QED) is 0.618. The van der Waals surface area contributed by atoms with Gasteiger partial charge in [-0.3, -0.25) is 10.1 Å². The zero-order chi connectivity index (χ0) is 13.3. The molecule has 0 radical (unpaired) electrons. The molecule has 0 aromatic heterocycles. The highest BCUT2D eigenvalue weighted by Crippen LogP contribution is 2.36. The molecular formula is C11H11BrF2N2O2. The number of benzene rings is 1. The minimum absolute atomic E-state index is 0.0524. The van der Waals surface area contributed by atoms with Gasteiger partial charge in [-0.2, -0.15) is 0 Å². The summed E-state index contributed by atoms with van der Waals surface area (Å²) in [4.78, 5) is 12.1. The molecule has 1 aromatic carbocycles.